The van der Waals surface area contributed by atoms with E-state index in [9.17, 15) is 4.79 Å². The van der Waals surface area contributed by atoms with Crippen LogP contribution in [-0.4, -0.2) is 15.9 Å². The molecule has 120 valence electrons. The fourth-order valence-electron chi connectivity index (χ4n) is 2.34. The zero-order valence-electron chi connectivity index (χ0n) is 12.8. The van der Waals surface area contributed by atoms with Crippen LogP contribution >= 0.6 is 0 Å². The summed E-state index contributed by atoms with van der Waals surface area (Å²) < 4.78 is 5.79. The van der Waals surface area contributed by atoms with Gasteiger partial charge in [-0.3, -0.25) is 4.79 Å². The van der Waals surface area contributed by atoms with E-state index in [1.165, 1.54) is 6.20 Å². The molecule has 3 aromatic rings. The van der Waals surface area contributed by atoms with Crippen molar-refractivity contribution >= 4 is 11.9 Å². The summed E-state index contributed by atoms with van der Waals surface area (Å²) in [5.74, 6) is 0.224. The number of primary amides is 1. The van der Waals surface area contributed by atoms with Crippen LogP contribution in [0.25, 0.3) is 11.3 Å². The van der Waals surface area contributed by atoms with Crippen molar-refractivity contribution in [1.29, 1.82) is 0 Å². The second-order valence-electron chi connectivity index (χ2n) is 5.11. The molecule has 6 nitrogen and oxygen atoms in total. The second kappa shape index (κ2) is 6.78. The average molecular weight is 320 g/mol. The number of benzene rings is 2. The van der Waals surface area contributed by atoms with Crippen molar-refractivity contribution in [3.05, 3.63) is 71.9 Å². The van der Waals surface area contributed by atoms with Crippen LogP contribution in [0.3, 0.4) is 0 Å². The van der Waals surface area contributed by atoms with Crippen LogP contribution in [0.2, 0.25) is 0 Å². The van der Waals surface area contributed by atoms with Gasteiger partial charge in [0.15, 0.2) is 0 Å². The number of anilines is 1. The van der Waals surface area contributed by atoms with Gasteiger partial charge >= 0.3 is 0 Å². The molecule has 0 saturated carbocycles. The quantitative estimate of drug-likeness (QED) is 0.751. The molecule has 0 unspecified atom stereocenters. The minimum atomic E-state index is -0.608. The van der Waals surface area contributed by atoms with E-state index >= 15 is 0 Å². The van der Waals surface area contributed by atoms with Gasteiger partial charge in [0.25, 0.3) is 5.91 Å². The number of nitrogen functional groups attached to an aromatic ring is 1. The van der Waals surface area contributed by atoms with E-state index < -0.39 is 5.91 Å². The molecular formula is C18H16N4O2. The number of amides is 1. The maximum absolute atomic E-state index is 11.7. The van der Waals surface area contributed by atoms with Crippen molar-refractivity contribution in [3.63, 3.8) is 0 Å². The van der Waals surface area contributed by atoms with Gasteiger partial charge in [-0.15, -0.1) is 0 Å². The molecular weight excluding hydrogens is 304 g/mol. The van der Waals surface area contributed by atoms with E-state index in [2.05, 4.69) is 9.97 Å². The number of ether oxygens (including phenoxy) is 1. The highest BCUT2D eigenvalue weighted by atomic mass is 16.5. The van der Waals surface area contributed by atoms with Crippen molar-refractivity contribution in [2.75, 3.05) is 5.73 Å². The standard InChI is InChI=1S/C18H16N4O2/c19-17(23)15-10-21-18(20)22-16(15)14-9-5-4-6-12(14)11-24-13-7-2-1-3-8-13/h1-10H,11H2,(H2,19,23)(H2,20,21,22). The highest BCUT2D eigenvalue weighted by molar-refractivity contribution is 5.99. The van der Waals surface area contributed by atoms with Crippen molar-refractivity contribution < 1.29 is 9.53 Å². The lowest BCUT2D eigenvalue weighted by molar-refractivity contribution is 0.100. The van der Waals surface area contributed by atoms with Gasteiger partial charge in [0.2, 0.25) is 5.95 Å². The number of aromatic nitrogens is 2. The minimum absolute atomic E-state index is 0.0776. The van der Waals surface area contributed by atoms with Crippen LogP contribution in [-0.2, 0) is 6.61 Å². The first-order chi connectivity index (χ1) is 11.6. The third kappa shape index (κ3) is 3.33. The van der Waals surface area contributed by atoms with E-state index in [0.717, 1.165) is 16.9 Å². The Bertz CT molecular complexity index is 866. The average Bonchev–Trinajstić information content (AvgIpc) is 2.61. The molecule has 4 N–H and O–H groups in total. The topological polar surface area (TPSA) is 104 Å². The van der Waals surface area contributed by atoms with E-state index in [-0.39, 0.29) is 11.5 Å². The van der Waals surface area contributed by atoms with Crippen LogP contribution in [0, 0.1) is 0 Å². The summed E-state index contributed by atoms with van der Waals surface area (Å²) >= 11 is 0. The summed E-state index contributed by atoms with van der Waals surface area (Å²) in [6, 6.07) is 17.0. The molecule has 0 saturated heterocycles. The Morgan fingerprint density at radius 2 is 1.75 bits per heavy atom. The Balaban J connectivity index is 1.98. The van der Waals surface area contributed by atoms with Gasteiger partial charge in [0.05, 0.1) is 11.3 Å². The molecule has 1 heterocycles. The highest BCUT2D eigenvalue weighted by Gasteiger charge is 2.16. The number of carbonyl (C=O) groups excluding carboxylic acids is 1. The van der Waals surface area contributed by atoms with E-state index in [0.29, 0.717) is 12.3 Å². The normalized spacial score (nSPS) is 10.3. The lowest BCUT2D eigenvalue weighted by Crippen LogP contribution is -2.15. The molecule has 6 heteroatoms. The smallest absolute Gasteiger partial charge is 0.252 e. The predicted molar refractivity (Wildman–Crippen MR) is 91.2 cm³/mol. The number of para-hydroxylation sites is 1. The fourth-order valence-corrected chi connectivity index (χ4v) is 2.34. The Kier molecular flexibility index (Phi) is 4.38. The van der Waals surface area contributed by atoms with E-state index in [4.69, 9.17) is 16.2 Å². The molecule has 0 aliphatic rings. The maximum atomic E-state index is 11.7. The van der Waals surface area contributed by atoms with Gasteiger partial charge in [-0.25, -0.2) is 9.97 Å². The van der Waals surface area contributed by atoms with Crippen molar-refractivity contribution in [2.24, 2.45) is 5.73 Å². The zero-order valence-corrected chi connectivity index (χ0v) is 12.8. The molecule has 2 aromatic carbocycles. The zero-order chi connectivity index (χ0) is 16.9. The summed E-state index contributed by atoms with van der Waals surface area (Å²) in [6.07, 6.45) is 1.34. The SMILES string of the molecule is NC(=O)c1cnc(N)nc1-c1ccccc1COc1ccccc1. The first-order valence-corrected chi connectivity index (χ1v) is 7.33. The number of hydrogen-bond donors (Lipinski definition) is 2. The Hall–Kier alpha value is -3.41. The van der Waals surface area contributed by atoms with Crippen molar-refractivity contribution in [1.82, 2.24) is 9.97 Å². The van der Waals surface area contributed by atoms with Gasteiger partial charge < -0.3 is 16.2 Å². The van der Waals surface area contributed by atoms with Crippen LogP contribution in [0.4, 0.5) is 5.95 Å². The van der Waals surface area contributed by atoms with E-state index in [1.807, 2.05) is 54.6 Å². The molecule has 0 spiro atoms. The van der Waals surface area contributed by atoms with Gasteiger partial charge in [-0.05, 0) is 17.7 Å². The van der Waals surface area contributed by atoms with Gasteiger partial charge in [0, 0.05) is 11.8 Å². The molecule has 3 rings (SSSR count). The Morgan fingerprint density at radius 3 is 2.50 bits per heavy atom. The molecule has 0 aliphatic heterocycles. The third-order valence-corrected chi connectivity index (χ3v) is 3.48. The fraction of sp³-hybridized carbons (Fsp3) is 0.0556. The summed E-state index contributed by atoms with van der Waals surface area (Å²) in [6.45, 7) is 0.322. The van der Waals surface area contributed by atoms with Gasteiger partial charge in [-0.2, -0.15) is 0 Å². The summed E-state index contributed by atoms with van der Waals surface area (Å²) in [5.41, 5.74) is 13.3. The molecule has 0 fully saturated rings. The molecule has 24 heavy (non-hydrogen) atoms. The second-order valence-corrected chi connectivity index (χ2v) is 5.11. The summed E-state index contributed by atoms with van der Waals surface area (Å²) in [4.78, 5) is 19.7. The number of nitrogens with two attached hydrogens (primary N) is 2. The molecule has 0 aliphatic carbocycles. The maximum Gasteiger partial charge on any atom is 0.252 e. The monoisotopic (exact) mass is 320 g/mol. The molecule has 0 radical (unpaired) electrons. The Morgan fingerprint density at radius 1 is 1.04 bits per heavy atom. The molecule has 1 amide bonds. The highest BCUT2D eigenvalue weighted by Crippen LogP contribution is 2.26. The molecule has 1 aromatic heterocycles. The first kappa shape index (κ1) is 15.5. The van der Waals surface area contributed by atoms with Crippen molar-refractivity contribution in [2.45, 2.75) is 6.61 Å². The number of carbonyl (C=O) groups is 1. The molecule has 0 atom stereocenters. The minimum Gasteiger partial charge on any atom is -0.489 e. The largest absolute Gasteiger partial charge is 0.489 e. The van der Waals surface area contributed by atoms with Crippen LogP contribution in [0.15, 0.2) is 60.8 Å². The number of nitrogens with zero attached hydrogens (tertiary/aromatic N) is 2. The van der Waals surface area contributed by atoms with Crippen LogP contribution < -0.4 is 16.2 Å². The first-order valence-electron chi connectivity index (χ1n) is 7.33. The lowest BCUT2D eigenvalue weighted by atomic mass is 10.0. The van der Waals surface area contributed by atoms with Crippen LogP contribution in [0.1, 0.15) is 15.9 Å². The molecule has 0 bridgehead atoms. The van der Waals surface area contributed by atoms with Crippen molar-refractivity contribution in [3.8, 4) is 17.0 Å². The van der Waals surface area contributed by atoms with Gasteiger partial charge in [-0.1, -0.05) is 42.5 Å². The number of hydrogen-bond acceptors (Lipinski definition) is 5. The summed E-state index contributed by atoms with van der Waals surface area (Å²) in [5, 5.41) is 0. The lowest BCUT2D eigenvalue weighted by Gasteiger charge is -2.13. The van der Waals surface area contributed by atoms with E-state index in [1.54, 1.807) is 0 Å². The van der Waals surface area contributed by atoms with Gasteiger partial charge in [0.1, 0.15) is 12.4 Å². The predicted octanol–water partition coefficient (Wildman–Crippen LogP) is 2.40. The third-order valence-electron chi connectivity index (χ3n) is 3.48. The van der Waals surface area contributed by atoms with Crippen LogP contribution in [0.5, 0.6) is 5.75 Å². The number of rotatable bonds is 5. The Labute approximate surface area is 139 Å². The summed E-state index contributed by atoms with van der Waals surface area (Å²) in [7, 11) is 0.